The van der Waals surface area contributed by atoms with Gasteiger partial charge in [0.15, 0.2) is 0 Å². The summed E-state index contributed by atoms with van der Waals surface area (Å²) in [5.41, 5.74) is 0. The minimum absolute atomic E-state index is 0.156. The van der Waals surface area contributed by atoms with Crippen molar-refractivity contribution in [3.8, 4) is 0 Å². The van der Waals surface area contributed by atoms with Gasteiger partial charge in [0.05, 0.1) is 6.67 Å². The molecule has 0 aromatic heterocycles. The summed E-state index contributed by atoms with van der Waals surface area (Å²) in [6, 6.07) is 0. The summed E-state index contributed by atoms with van der Waals surface area (Å²) >= 11 is 0. The lowest BCUT2D eigenvalue weighted by Crippen LogP contribution is -1.67. The molecule has 0 aliphatic rings. The Kier molecular flexibility index (Phi) is 21.6. The third-order valence-corrected chi connectivity index (χ3v) is 0.487. The summed E-state index contributed by atoms with van der Waals surface area (Å²) in [7, 11) is 0.417. The molecule has 0 N–H and O–H groups in total. The van der Waals surface area contributed by atoms with Crippen LogP contribution in [-0.4, -0.2) is 16.2 Å². The molecule has 0 saturated heterocycles. The zero-order valence-electron chi connectivity index (χ0n) is 6.21. The zero-order chi connectivity index (χ0) is 6.83. The van der Waals surface area contributed by atoms with Gasteiger partial charge in [0.2, 0.25) is 0 Å². The van der Waals surface area contributed by atoms with Crippen molar-refractivity contribution in [3.05, 3.63) is 0 Å². The summed E-state index contributed by atoms with van der Waals surface area (Å²) < 4.78 is 11.0. The van der Waals surface area contributed by atoms with Crippen molar-refractivity contribution >= 4 is 9.52 Å². The van der Waals surface area contributed by atoms with Crippen LogP contribution in [0.3, 0.4) is 0 Å². The van der Waals surface area contributed by atoms with Gasteiger partial charge in [-0.2, -0.15) is 0 Å². The normalized spacial score (nSPS) is 7.50. The van der Waals surface area contributed by atoms with Crippen LogP contribution in [0.1, 0.15) is 19.8 Å². The van der Waals surface area contributed by atoms with E-state index in [0.29, 0.717) is 9.52 Å². The highest BCUT2D eigenvalue weighted by atomic mass is 28.2. The SMILES string of the molecule is CCCCF.C[SiH2]C. The van der Waals surface area contributed by atoms with E-state index in [2.05, 4.69) is 13.1 Å². The molecule has 0 unspecified atom stereocenters. The molecule has 0 aromatic rings. The molecular weight excluding hydrogens is 119 g/mol. The molecule has 8 heavy (non-hydrogen) atoms. The van der Waals surface area contributed by atoms with Crippen LogP contribution >= 0.6 is 0 Å². The second-order valence-corrected chi connectivity index (χ2v) is 3.16. The third kappa shape index (κ3) is 35.3. The van der Waals surface area contributed by atoms with Crippen LogP contribution in [0.15, 0.2) is 0 Å². The van der Waals surface area contributed by atoms with Crippen LogP contribution in [0.5, 0.6) is 0 Å². The Hall–Kier alpha value is 0.147. The number of alkyl halides is 1. The quantitative estimate of drug-likeness (QED) is 0.509. The van der Waals surface area contributed by atoms with E-state index in [9.17, 15) is 4.39 Å². The van der Waals surface area contributed by atoms with Crippen molar-refractivity contribution in [3.63, 3.8) is 0 Å². The van der Waals surface area contributed by atoms with E-state index in [0.717, 1.165) is 12.8 Å². The van der Waals surface area contributed by atoms with Crippen LogP contribution in [0.25, 0.3) is 0 Å². The second-order valence-electron chi connectivity index (χ2n) is 1.75. The first-order valence-corrected chi connectivity index (χ1v) is 6.22. The van der Waals surface area contributed by atoms with E-state index < -0.39 is 0 Å². The third-order valence-electron chi connectivity index (χ3n) is 0.487. The zero-order valence-corrected chi connectivity index (χ0v) is 7.62. The lowest BCUT2D eigenvalue weighted by molar-refractivity contribution is 0.469. The van der Waals surface area contributed by atoms with Gasteiger partial charge in [-0.15, -0.1) is 0 Å². The summed E-state index contributed by atoms with van der Waals surface area (Å²) in [5, 5.41) is 0. The molecule has 0 amide bonds. The van der Waals surface area contributed by atoms with Gasteiger partial charge in [-0.1, -0.05) is 26.4 Å². The Balaban J connectivity index is 0. The van der Waals surface area contributed by atoms with E-state index in [-0.39, 0.29) is 6.67 Å². The smallest absolute Gasteiger partial charge is 0.0894 e. The van der Waals surface area contributed by atoms with E-state index in [1.807, 2.05) is 6.92 Å². The molecule has 0 aliphatic carbocycles. The summed E-state index contributed by atoms with van der Waals surface area (Å²) in [5.74, 6) is 0. The molecule has 0 spiro atoms. The molecule has 0 saturated carbocycles. The maximum atomic E-state index is 11.0. The average Bonchev–Trinajstić information content (AvgIpc) is 1.71. The maximum absolute atomic E-state index is 11.0. The van der Waals surface area contributed by atoms with Crippen molar-refractivity contribution in [2.24, 2.45) is 0 Å². The highest BCUT2D eigenvalue weighted by molar-refractivity contribution is 6.31. The number of unbranched alkanes of at least 4 members (excludes halogenated alkanes) is 1. The Morgan fingerprint density at radius 1 is 1.38 bits per heavy atom. The van der Waals surface area contributed by atoms with Crippen molar-refractivity contribution < 1.29 is 4.39 Å². The van der Waals surface area contributed by atoms with Gasteiger partial charge in [-0.3, -0.25) is 4.39 Å². The molecule has 2 heteroatoms. The minimum atomic E-state index is -0.156. The second kappa shape index (κ2) is 15.7. The van der Waals surface area contributed by atoms with Crippen LogP contribution in [0.4, 0.5) is 4.39 Å². The summed E-state index contributed by atoms with van der Waals surface area (Å²) in [6.45, 7) is 6.34. The lowest BCUT2D eigenvalue weighted by Gasteiger charge is -1.76. The molecule has 0 aromatic carbocycles. The molecule has 0 nitrogen and oxygen atoms in total. The molecule has 0 heterocycles. The van der Waals surface area contributed by atoms with Gasteiger partial charge in [0.25, 0.3) is 0 Å². The summed E-state index contributed by atoms with van der Waals surface area (Å²) in [4.78, 5) is 0. The van der Waals surface area contributed by atoms with E-state index >= 15 is 0 Å². The van der Waals surface area contributed by atoms with E-state index in [4.69, 9.17) is 0 Å². The van der Waals surface area contributed by atoms with E-state index in [1.165, 1.54) is 0 Å². The number of halogens is 1. The standard InChI is InChI=1S/C4H9F.C2H8Si/c1-2-3-4-5;1-3-2/h2-4H2,1H3;3H2,1-2H3. The number of rotatable bonds is 2. The van der Waals surface area contributed by atoms with Gasteiger partial charge in [-0.05, 0) is 6.42 Å². The highest BCUT2D eigenvalue weighted by Crippen LogP contribution is 1.83. The van der Waals surface area contributed by atoms with Crippen LogP contribution < -0.4 is 0 Å². The molecular formula is C6H17FSi. The van der Waals surface area contributed by atoms with Gasteiger partial charge in [0.1, 0.15) is 0 Å². The first kappa shape index (κ1) is 11.0. The topological polar surface area (TPSA) is 0 Å². The predicted octanol–water partition coefficient (Wildman–Crippen LogP) is 2.01. The summed E-state index contributed by atoms with van der Waals surface area (Å²) in [6.07, 6.45) is 1.69. The Morgan fingerprint density at radius 2 is 1.75 bits per heavy atom. The van der Waals surface area contributed by atoms with Crippen molar-refractivity contribution in [1.29, 1.82) is 0 Å². The molecule has 0 aliphatic heterocycles. The average molecular weight is 136 g/mol. The highest BCUT2D eigenvalue weighted by Gasteiger charge is 1.71. The van der Waals surface area contributed by atoms with Crippen LogP contribution in [0.2, 0.25) is 13.1 Å². The largest absolute Gasteiger partial charge is 0.251 e. The number of hydrogen-bond acceptors (Lipinski definition) is 0. The Bertz CT molecular complexity index is 22.5. The number of hydrogen-bond donors (Lipinski definition) is 0. The minimum Gasteiger partial charge on any atom is -0.251 e. The fourth-order valence-corrected chi connectivity index (χ4v) is 0.134. The molecule has 0 atom stereocenters. The van der Waals surface area contributed by atoms with Gasteiger partial charge < -0.3 is 0 Å². The van der Waals surface area contributed by atoms with Crippen molar-refractivity contribution in [2.75, 3.05) is 6.67 Å². The molecule has 0 rings (SSSR count). The van der Waals surface area contributed by atoms with Crippen LogP contribution in [-0.2, 0) is 0 Å². The van der Waals surface area contributed by atoms with Gasteiger partial charge in [0, 0.05) is 9.52 Å². The molecule has 52 valence electrons. The fourth-order valence-electron chi connectivity index (χ4n) is 0.134. The first-order chi connectivity index (χ1) is 3.83. The van der Waals surface area contributed by atoms with Gasteiger partial charge in [-0.25, -0.2) is 0 Å². The first-order valence-electron chi connectivity index (χ1n) is 3.39. The Morgan fingerprint density at radius 3 is 1.75 bits per heavy atom. The molecule has 0 radical (unpaired) electrons. The maximum Gasteiger partial charge on any atom is 0.0894 e. The van der Waals surface area contributed by atoms with Gasteiger partial charge >= 0.3 is 0 Å². The monoisotopic (exact) mass is 136 g/mol. The van der Waals surface area contributed by atoms with Crippen LogP contribution in [0, 0.1) is 0 Å². The fraction of sp³-hybridized carbons (Fsp3) is 1.00. The molecule has 0 fully saturated rings. The Labute approximate surface area is 54.3 Å². The van der Waals surface area contributed by atoms with Crippen molar-refractivity contribution in [2.45, 2.75) is 32.9 Å². The van der Waals surface area contributed by atoms with Crippen molar-refractivity contribution in [1.82, 2.24) is 0 Å². The van der Waals surface area contributed by atoms with E-state index in [1.54, 1.807) is 0 Å². The molecule has 0 bridgehead atoms. The lowest BCUT2D eigenvalue weighted by atomic mass is 10.4. The predicted molar refractivity (Wildman–Crippen MR) is 41.2 cm³/mol.